The average molecular weight is 513 g/mol. The zero-order valence-corrected chi connectivity index (χ0v) is 21.1. The number of ether oxygens (including phenoxy) is 3. The number of amides is 1. The number of anilines is 1. The number of allylic oxidation sites excluding steroid dienone is 1. The summed E-state index contributed by atoms with van der Waals surface area (Å²) in [5.74, 6) is 1.61. The highest BCUT2D eigenvalue weighted by molar-refractivity contribution is 7.16. The van der Waals surface area contributed by atoms with Crippen LogP contribution in [0.4, 0.5) is 5.13 Å². The first-order valence-electron chi connectivity index (χ1n) is 11.4. The number of benzene rings is 3. The molecule has 4 rings (SSSR count). The maximum absolute atomic E-state index is 12.4. The van der Waals surface area contributed by atoms with Crippen LogP contribution in [0.2, 0.25) is 0 Å². The van der Waals surface area contributed by atoms with Crippen molar-refractivity contribution in [2.75, 3.05) is 25.6 Å². The van der Waals surface area contributed by atoms with Crippen LogP contribution in [0.25, 0.3) is 11.6 Å². The smallest absolute Gasteiger partial charge is 0.257 e. The van der Waals surface area contributed by atoms with Gasteiger partial charge in [0.15, 0.2) is 16.5 Å². The molecule has 1 aromatic heterocycles. The van der Waals surface area contributed by atoms with E-state index in [1.165, 1.54) is 0 Å². The van der Waals surface area contributed by atoms with Crippen LogP contribution in [-0.2, 0) is 0 Å². The third-order valence-corrected chi connectivity index (χ3v) is 6.10. The summed E-state index contributed by atoms with van der Waals surface area (Å²) < 4.78 is 17.1. The lowest BCUT2D eigenvalue weighted by Gasteiger charge is -2.13. The van der Waals surface area contributed by atoms with Crippen molar-refractivity contribution in [3.8, 4) is 23.3 Å². The van der Waals surface area contributed by atoms with Crippen molar-refractivity contribution in [1.29, 1.82) is 5.26 Å². The first-order chi connectivity index (χ1) is 18.1. The molecule has 0 atom stereocenters. The van der Waals surface area contributed by atoms with E-state index in [0.717, 1.165) is 28.2 Å². The minimum atomic E-state index is -0.296. The number of nitriles is 1. The zero-order valence-electron chi connectivity index (χ0n) is 20.3. The number of hydrogen-bond acceptors (Lipinski definition) is 8. The van der Waals surface area contributed by atoms with Crippen molar-refractivity contribution < 1.29 is 19.0 Å². The van der Waals surface area contributed by atoms with Gasteiger partial charge in [-0.1, -0.05) is 53.8 Å². The van der Waals surface area contributed by atoms with Crippen molar-refractivity contribution in [1.82, 2.24) is 10.2 Å². The third-order valence-electron chi connectivity index (χ3n) is 5.22. The summed E-state index contributed by atoms with van der Waals surface area (Å²) in [7, 11) is 1.55. The average Bonchev–Trinajstić information content (AvgIpc) is 3.39. The predicted octanol–water partition coefficient (Wildman–Crippen LogP) is 5.63. The van der Waals surface area contributed by atoms with E-state index in [9.17, 15) is 10.1 Å². The topological polar surface area (TPSA) is 106 Å². The van der Waals surface area contributed by atoms with E-state index < -0.39 is 0 Å². The Hall–Kier alpha value is -4.68. The van der Waals surface area contributed by atoms with Crippen LogP contribution in [0, 0.1) is 18.3 Å². The number of nitrogens with one attached hydrogen (secondary N) is 1. The standard InChI is InChI=1S/C28H24N4O4S/c1-19-8-6-7-11-23(19)35-14-15-36-24-13-12-20(17-25(24)34-2)16-22(18-29)27-31-32-28(37-27)30-26(33)21-9-4-3-5-10-21/h3-13,16-17H,14-15H2,1-2H3,(H,30,32,33)/b22-16+. The second kappa shape index (κ2) is 12.3. The number of para-hydroxylation sites is 1. The highest BCUT2D eigenvalue weighted by Gasteiger charge is 2.13. The first-order valence-corrected chi connectivity index (χ1v) is 12.2. The van der Waals surface area contributed by atoms with Crippen molar-refractivity contribution in [2.45, 2.75) is 6.92 Å². The Morgan fingerprint density at radius 1 is 0.973 bits per heavy atom. The third kappa shape index (κ3) is 6.72. The van der Waals surface area contributed by atoms with Crippen molar-refractivity contribution in [3.05, 3.63) is 94.5 Å². The monoisotopic (exact) mass is 512 g/mol. The molecule has 0 spiro atoms. The molecule has 3 aromatic carbocycles. The maximum Gasteiger partial charge on any atom is 0.257 e. The molecule has 8 nitrogen and oxygen atoms in total. The number of hydrogen-bond donors (Lipinski definition) is 1. The van der Waals surface area contributed by atoms with Crippen molar-refractivity contribution in [3.63, 3.8) is 0 Å². The van der Waals surface area contributed by atoms with E-state index in [1.54, 1.807) is 49.6 Å². The van der Waals surface area contributed by atoms with E-state index in [-0.39, 0.29) is 5.91 Å². The number of methoxy groups -OCH3 is 1. The molecule has 0 fully saturated rings. The van der Waals surface area contributed by atoms with Crippen molar-refractivity contribution >= 4 is 34.0 Å². The minimum Gasteiger partial charge on any atom is -0.493 e. The number of nitrogens with zero attached hydrogens (tertiary/aromatic N) is 3. The van der Waals surface area contributed by atoms with E-state index >= 15 is 0 Å². The van der Waals surface area contributed by atoms with Gasteiger partial charge >= 0.3 is 0 Å². The predicted molar refractivity (Wildman–Crippen MR) is 143 cm³/mol. The van der Waals surface area contributed by atoms with Crippen LogP contribution < -0.4 is 19.5 Å². The summed E-state index contributed by atoms with van der Waals surface area (Å²) in [6.07, 6.45) is 1.68. The lowest BCUT2D eigenvalue weighted by Crippen LogP contribution is -2.11. The van der Waals surface area contributed by atoms with E-state index in [2.05, 4.69) is 21.6 Å². The molecule has 0 saturated carbocycles. The molecule has 9 heteroatoms. The van der Waals surface area contributed by atoms with Gasteiger partial charge in [0, 0.05) is 5.56 Å². The first kappa shape index (κ1) is 25.4. The Labute approximate surface area is 218 Å². The highest BCUT2D eigenvalue weighted by atomic mass is 32.1. The highest BCUT2D eigenvalue weighted by Crippen LogP contribution is 2.31. The van der Waals surface area contributed by atoms with Gasteiger partial charge in [-0.25, -0.2) is 0 Å². The fourth-order valence-electron chi connectivity index (χ4n) is 3.36. The lowest BCUT2D eigenvalue weighted by molar-refractivity contribution is 0.102. The molecular formula is C28H24N4O4S. The van der Waals surface area contributed by atoms with E-state index in [0.29, 0.717) is 46.0 Å². The molecule has 1 amide bonds. The number of carbonyl (C=O) groups excluding carboxylic acids is 1. The molecule has 1 N–H and O–H groups in total. The number of aromatic nitrogens is 2. The molecule has 1 heterocycles. The molecule has 186 valence electrons. The minimum absolute atomic E-state index is 0.296. The van der Waals surface area contributed by atoms with Gasteiger partial charge in [0.25, 0.3) is 5.91 Å². The van der Waals surface area contributed by atoms with Gasteiger partial charge in [0.2, 0.25) is 5.13 Å². The summed E-state index contributed by atoms with van der Waals surface area (Å²) in [6, 6.07) is 24.1. The van der Waals surface area contributed by atoms with Crippen molar-refractivity contribution in [2.24, 2.45) is 0 Å². The van der Waals surface area contributed by atoms with Crippen LogP contribution in [0.15, 0.2) is 72.8 Å². The summed E-state index contributed by atoms with van der Waals surface area (Å²) >= 11 is 1.12. The molecular weight excluding hydrogens is 488 g/mol. The van der Waals surface area contributed by atoms with Gasteiger partial charge in [0.05, 0.1) is 12.7 Å². The summed E-state index contributed by atoms with van der Waals surface area (Å²) in [6.45, 7) is 2.71. The molecule has 4 aromatic rings. The summed E-state index contributed by atoms with van der Waals surface area (Å²) in [4.78, 5) is 12.4. The molecule has 0 bridgehead atoms. The number of carbonyl (C=O) groups is 1. The van der Waals surface area contributed by atoms with Gasteiger partial charge in [-0.3, -0.25) is 10.1 Å². The van der Waals surface area contributed by atoms with Crippen LogP contribution in [0.1, 0.15) is 26.5 Å². The van der Waals surface area contributed by atoms with Crippen LogP contribution in [0.5, 0.6) is 17.2 Å². The van der Waals surface area contributed by atoms with Crippen LogP contribution in [0.3, 0.4) is 0 Å². The van der Waals surface area contributed by atoms with Crippen LogP contribution in [-0.4, -0.2) is 36.4 Å². The Kier molecular flexibility index (Phi) is 8.47. The Morgan fingerprint density at radius 3 is 2.43 bits per heavy atom. The Bertz CT molecular complexity index is 1440. The number of rotatable bonds is 10. The van der Waals surface area contributed by atoms with Gasteiger partial charge in [-0.15, -0.1) is 10.2 Å². The quantitative estimate of drug-likeness (QED) is 0.217. The molecule has 0 aliphatic rings. The van der Waals surface area contributed by atoms with Gasteiger partial charge in [-0.05, 0) is 54.5 Å². The largest absolute Gasteiger partial charge is 0.493 e. The summed E-state index contributed by atoms with van der Waals surface area (Å²) in [5.41, 5.74) is 2.60. The van der Waals surface area contributed by atoms with Gasteiger partial charge < -0.3 is 14.2 Å². The second-order valence-electron chi connectivity index (χ2n) is 7.78. The molecule has 0 saturated heterocycles. The normalized spacial score (nSPS) is 10.9. The molecule has 0 radical (unpaired) electrons. The summed E-state index contributed by atoms with van der Waals surface area (Å²) in [5, 5.41) is 21.2. The van der Waals surface area contributed by atoms with Gasteiger partial charge in [0.1, 0.15) is 25.0 Å². The maximum atomic E-state index is 12.4. The molecule has 0 unspecified atom stereocenters. The number of aryl methyl sites for hydroxylation is 1. The van der Waals surface area contributed by atoms with E-state index in [1.807, 2.05) is 43.3 Å². The SMILES string of the molecule is COc1cc(/C=C(\C#N)c2nnc(NC(=O)c3ccccc3)s2)ccc1OCCOc1ccccc1C. The second-order valence-corrected chi connectivity index (χ2v) is 8.75. The Morgan fingerprint density at radius 2 is 1.70 bits per heavy atom. The lowest BCUT2D eigenvalue weighted by atomic mass is 10.1. The van der Waals surface area contributed by atoms with Gasteiger partial charge in [-0.2, -0.15) is 5.26 Å². The zero-order chi connectivity index (χ0) is 26.0. The fraction of sp³-hybridized carbons (Fsp3) is 0.143. The molecule has 37 heavy (non-hydrogen) atoms. The molecule has 0 aliphatic carbocycles. The van der Waals surface area contributed by atoms with E-state index in [4.69, 9.17) is 14.2 Å². The molecule has 0 aliphatic heterocycles. The van der Waals surface area contributed by atoms with Crippen LogP contribution >= 0.6 is 11.3 Å². The Balaban J connectivity index is 1.40. The fourth-order valence-corrected chi connectivity index (χ4v) is 4.07.